The van der Waals surface area contributed by atoms with Gasteiger partial charge in [0.2, 0.25) is 0 Å². The fourth-order valence-electron chi connectivity index (χ4n) is 1.53. The van der Waals surface area contributed by atoms with Gasteiger partial charge in [0.1, 0.15) is 4.21 Å². The Morgan fingerprint density at radius 3 is 2.53 bits per heavy atom. The van der Waals surface area contributed by atoms with Crippen molar-refractivity contribution in [2.45, 2.75) is 50.4 Å². The van der Waals surface area contributed by atoms with Crippen LogP contribution < -0.4 is 5.32 Å². The first kappa shape index (κ1) is 16.6. The molecule has 0 bridgehead atoms. The summed E-state index contributed by atoms with van der Waals surface area (Å²) < 4.78 is 27.0. The molecule has 1 aromatic heterocycles. The SMILES string of the molecule is CCNCc1csc(S(=O)(=O)N(C)C(C)(C)CC)c1. The second-order valence-electron chi connectivity index (χ2n) is 5.19. The number of hydrogen-bond donors (Lipinski definition) is 1. The molecular formula is C13H24N2O2S2. The van der Waals surface area contributed by atoms with Gasteiger partial charge in [0, 0.05) is 19.1 Å². The van der Waals surface area contributed by atoms with Gasteiger partial charge >= 0.3 is 0 Å². The Morgan fingerprint density at radius 2 is 2.00 bits per heavy atom. The molecule has 0 aliphatic carbocycles. The third-order valence-corrected chi connectivity index (χ3v) is 7.07. The predicted octanol–water partition coefficient (Wildman–Crippen LogP) is 2.67. The fraction of sp³-hybridized carbons (Fsp3) is 0.692. The molecule has 1 heterocycles. The second kappa shape index (κ2) is 6.35. The van der Waals surface area contributed by atoms with E-state index in [1.807, 2.05) is 33.1 Å². The molecule has 0 aliphatic rings. The minimum Gasteiger partial charge on any atom is -0.313 e. The lowest BCUT2D eigenvalue weighted by atomic mass is 10.0. The smallest absolute Gasteiger partial charge is 0.252 e. The third kappa shape index (κ3) is 3.78. The maximum absolute atomic E-state index is 12.5. The molecule has 1 aromatic rings. The van der Waals surface area contributed by atoms with Gasteiger partial charge in [-0.3, -0.25) is 0 Å². The third-order valence-electron chi connectivity index (χ3n) is 3.54. The molecule has 0 aliphatic heterocycles. The van der Waals surface area contributed by atoms with Gasteiger partial charge in [-0.2, -0.15) is 4.31 Å². The van der Waals surface area contributed by atoms with E-state index in [0.29, 0.717) is 10.8 Å². The average Bonchev–Trinajstić information content (AvgIpc) is 2.84. The van der Waals surface area contributed by atoms with Gasteiger partial charge in [-0.05, 0) is 43.8 Å². The van der Waals surface area contributed by atoms with E-state index < -0.39 is 10.0 Å². The van der Waals surface area contributed by atoms with Crippen molar-refractivity contribution in [3.05, 3.63) is 17.0 Å². The quantitative estimate of drug-likeness (QED) is 0.842. The van der Waals surface area contributed by atoms with Crippen molar-refractivity contribution in [1.82, 2.24) is 9.62 Å². The molecule has 110 valence electrons. The van der Waals surface area contributed by atoms with E-state index in [9.17, 15) is 8.42 Å². The number of thiophene rings is 1. The molecule has 1 N–H and O–H groups in total. The molecule has 0 spiro atoms. The molecule has 4 nitrogen and oxygen atoms in total. The highest BCUT2D eigenvalue weighted by molar-refractivity contribution is 7.91. The molecule has 6 heteroatoms. The fourth-order valence-corrected chi connectivity index (χ4v) is 4.49. The zero-order valence-corrected chi connectivity index (χ0v) is 14.0. The van der Waals surface area contributed by atoms with Gasteiger partial charge in [-0.25, -0.2) is 8.42 Å². The van der Waals surface area contributed by atoms with Crippen molar-refractivity contribution in [1.29, 1.82) is 0 Å². The first-order valence-corrected chi connectivity index (χ1v) is 8.84. The van der Waals surface area contributed by atoms with Crippen LogP contribution in [-0.4, -0.2) is 31.9 Å². The first-order valence-electron chi connectivity index (χ1n) is 6.53. The Kier molecular flexibility index (Phi) is 5.55. The number of nitrogens with zero attached hydrogens (tertiary/aromatic N) is 1. The van der Waals surface area contributed by atoms with E-state index in [0.717, 1.165) is 18.5 Å². The maximum atomic E-state index is 12.5. The van der Waals surface area contributed by atoms with Crippen molar-refractivity contribution in [2.24, 2.45) is 0 Å². The predicted molar refractivity (Wildman–Crippen MR) is 81.0 cm³/mol. The van der Waals surface area contributed by atoms with E-state index >= 15 is 0 Å². The molecule has 0 saturated carbocycles. The molecule has 0 saturated heterocycles. The number of rotatable bonds is 7. The highest BCUT2D eigenvalue weighted by Crippen LogP contribution is 2.29. The first-order chi connectivity index (χ1) is 8.75. The van der Waals surface area contributed by atoms with Crippen LogP contribution in [-0.2, 0) is 16.6 Å². The normalized spacial score (nSPS) is 13.2. The standard InChI is InChI=1S/C13H24N2O2S2/c1-6-13(3,4)15(5)19(16,17)12-8-11(10-18-12)9-14-7-2/h8,10,14H,6-7,9H2,1-5H3. The Morgan fingerprint density at radius 1 is 1.37 bits per heavy atom. The van der Waals surface area contributed by atoms with E-state index in [2.05, 4.69) is 5.32 Å². The van der Waals surface area contributed by atoms with E-state index in [4.69, 9.17) is 0 Å². The lowest BCUT2D eigenvalue weighted by Crippen LogP contribution is -2.44. The Hall–Kier alpha value is -0.430. The molecule has 19 heavy (non-hydrogen) atoms. The lowest BCUT2D eigenvalue weighted by Gasteiger charge is -2.33. The summed E-state index contributed by atoms with van der Waals surface area (Å²) >= 11 is 1.29. The van der Waals surface area contributed by atoms with Gasteiger partial charge in [0.15, 0.2) is 0 Å². The van der Waals surface area contributed by atoms with Crippen LogP contribution in [0.15, 0.2) is 15.7 Å². The van der Waals surface area contributed by atoms with Crippen LogP contribution >= 0.6 is 11.3 Å². The van der Waals surface area contributed by atoms with Gasteiger partial charge in [0.05, 0.1) is 0 Å². The molecule has 0 atom stereocenters. The van der Waals surface area contributed by atoms with Crippen molar-refractivity contribution in [3.8, 4) is 0 Å². The van der Waals surface area contributed by atoms with Gasteiger partial charge in [-0.1, -0.05) is 13.8 Å². The molecule has 0 radical (unpaired) electrons. The number of sulfonamides is 1. The van der Waals surface area contributed by atoms with Crippen molar-refractivity contribution >= 4 is 21.4 Å². The minimum absolute atomic E-state index is 0.370. The Bertz CT molecular complexity index is 506. The largest absolute Gasteiger partial charge is 0.313 e. The van der Waals surface area contributed by atoms with E-state index in [1.165, 1.54) is 15.6 Å². The summed E-state index contributed by atoms with van der Waals surface area (Å²) in [6.07, 6.45) is 0.776. The van der Waals surface area contributed by atoms with Crippen LogP contribution in [0.25, 0.3) is 0 Å². The van der Waals surface area contributed by atoms with Gasteiger partial charge in [-0.15, -0.1) is 11.3 Å². The molecule has 0 fully saturated rings. The number of hydrogen-bond acceptors (Lipinski definition) is 4. The van der Waals surface area contributed by atoms with Crippen LogP contribution in [0, 0.1) is 0 Å². The van der Waals surface area contributed by atoms with Crippen LogP contribution in [0.5, 0.6) is 0 Å². The summed E-state index contributed by atoms with van der Waals surface area (Å²) in [5.74, 6) is 0. The lowest BCUT2D eigenvalue weighted by molar-refractivity contribution is 0.257. The summed E-state index contributed by atoms with van der Waals surface area (Å²) in [6.45, 7) is 9.50. The zero-order valence-electron chi connectivity index (χ0n) is 12.4. The average molecular weight is 304 g/mol. The van der Waals surface area contributed by atoms with Crippen LogP contribution in [0.1, 0.15) is 39.7 Å². The van der Waals surface area contributed by atoms with Crippen LogP contribution in [0.2, 0.25) is 0 Å². The molecule has 0 unspecified atom stereocenters. The number of nitrogens with one attached hydrogen (secondary N) is 1. The molecule has 1 rings (SSSR count). The minimum atomic E-state index is -3.39. The highest BCUT2D eigenvalue weighted by Gasteiger charge is 2.33. The van der Waals surface area contributed by atoms with Gasteiger partial charge in [0.25, 0.3) is 10.0 Å². The monoisotopic (exact) mass is 304 g/mol. The topological polar surface area (TPSA) is 49.4 Å². The second-order valence-corrected chi connectivity index (χ2v) is 8.30. The summed E-state index contributed by atoms with van der Waals surface area (Å²) in [7, 11) is -1.73. The van der Waals surface area contributed by atoms with Gasteiger partial charge < -0.3 is 5.32 Å². The van der Waals surface area contributed by atoms with Crippen molar-refractivity contribution in [2.75, 3.05) is 13.6 Å². The van der Waals surface area contributed by atoms with Crippen molar-refractivity contribution in [3.63, 3.8) is 0 Å². The Labute approximate surface area is 120 Å². The van der Waals surface area contributed by atoms with E-state index in [-0.39, 0.29) is 5.54 Å². The molecule has 0 amide bonds. The molecule has 0 aromatic carbocycles. The van der Waals surface area contributed by atoms with Crippen molar-refractivity contribution < 1.29 is 8.42 Å². The van der Waals surface area contributed by atoms with E-state index in [1.54, 1.807) is 13.1 Å². The Balaban J connectivity index is 2.97. The summed E-state index contributed by atoms with van der Waals surface area (Å²) in [6, 6.07) is 1.77. The summed E-state index contributed by atoms with van der Waals surface area (Å²) in [5, 5.41) is 5.10. The maximum Gasteiger partial charge on any atom is 0.252 e. The van der Waals surface area contributed by atoms with Crippen LogP contribution in [0.4, 0.5) is 0 Å². The highest BCUT2D eigenvalue weighted by atomic mass is 32.2. The van der Waals surface area contributed by atoms with Crippen LogP contribution in [0.3, 0.4) is 0 Å². The molecular weight excluding hydrogens is 280 g/mol. The summed E-state index contributed by atoms with van der Waals surface area (Å²) in [4.78, 5) is 0. The zero-order chi connectivity index (χ0) is 14.7. The summed E-state index contributed by atoms with van der Waals surface area (Å²) in [5.41, 5.74) is 0.651.